The van der Waals surface area contributed by atoms with Gasteiger partial charge in [-0.05, 0) is 43.4 Å². The van der Waals surface area contributed by atoms with E-state index in [9.17, 15) is 9.59 Å². The van der Waals surface area contributed by atoms with Crippen molar-refractivity contribution in [2.24, 2.45) is 0 Å². The lowest BCUT2D eigenvalue weighted by molar-refractivity contribution is -0.134. The molecule has 3 aromatic rings. The topological polar surface area (TPSA) is 67.2 Å². The van der Waals surface area contributed by atoms with Crippen LogP contribution in [0.2, 0.25) is 0 Å². The molecule has 2 aliphatic rings. The molecular formula is C29H34N4O2. The number of hydrogen-bond acceptors (Lipinski definition) is 3. The van der Waals surface area contributed by atoms with Crippen molar-refractivity contribution in [2.45, 2.75) is 77.0 Å². The Hall–Kier alpha value is -3.41. The van der Waals surface area contributed by atoms with Crippen molar-refractivity contribution in [1.29, 1.82) is 0 Å². The third kappa shape index (κ3) is 4.62. The first kappa shape index (κ1) is 23.3. The Morgan fingerprint density at radius 1 is 1.03 bits per heavy atom. The van der Waals surface area contributed by atoms with Gasteiger partial charge in [-0.25, -0.2) is 0 Å². The van der Waals surface area contributed by atoms with E-state index in [1.54, 1.807) is 9.58 Å². The summed E-state index contributed by atoms with van der Waals surface area (Å²) in [5.41, 5.74) is 3.48. The van der Waals surface area contributed by atoms with E-state index in [1.807, 2.05) is 55.5 Å². The quantitative estimate of drug-likeness (QED) is 0.553. The highest BCUT2D eigenvalue weighted by Gasteiger charge is 2.48. The highest BCUT2D eigenvalue weighted by atomic mass is 16.2. The number of carbonyl (C=O) groups excluding carboxylic acids is 2. The van der Waals surface area contributed by atoms with Crippen molar-refractivity contribution in [1.82, 2.24) is 20.0 Å². The summed E-state index contributed by atoms with van der Waals surface area (Å²) in [6.07, 6.45) is 6.47. The molecule has 1 unspecified atom stereocenters. The van der Waals surface area contributed by atoms with Crippen LogP contribution in [0.1, 0.15) is 67.6 Å². The van der Waals surface area contributed by atoms with Gasteiger partial charge in [-0.1, -0.05) is 80.8 Å². The van der Waals surface area contributed by atoms with Gasteiger partial charge in [-0.2, -0.15) is 5.10 Å². The number of aryl methyl sites for hydroxylation is 1. The summed E-state index contributed by atoms with van der Waals surface area (Å²) >= 11 is 0. The molecule has 6 heteroatoms. The monoisotopic (exact) mass is 470 g/mol. The fourth-order valence-electron chi connectivity index (χ4n) is 5.30. The molecule has 0 spiro atoms. The van der Waals surface area contributed by atoms with E-state index in [0.29, 0.717) is 18.8 Å². The summed E-state index contributed by atoms with van der Waals surface area (Å²) in [4.78, 5) is 29.3. The molecule has 1 aliphatic carbocycles. The van der Waals surface area contributed by atoms with Crippen LogP contribution < -0.4 is 5.32 Å². The zero-order valence-corrected chi connectivity index (χ0v) is 20.7. The fourth-order valence-corrected chi connectivity index (χ4v) is 5.30. The number of benzene rings is 2. The Labute approximate surface area is 207 Å². The molecule has 0 radical (unpaired) electrons. The van der Waals surface area contributed by atoms with Gasteiger partial charge in [0.15, 0.2) is 0 Å². The Bertz CT molecular complexity index is 1200. The van der Waals surface area contributed by atoms with Crippen LogP contribution in [-0.4, -0.2) is 38.1 Å². The number of amides is 2. The normalized spacial score (nSPS) is 20.5. The largest absolute Gasteiger partial charge is 0.351 e. The first-order valence-corrected chi connectivity index (χ1v) is 12.8. The first-order valence-electron chi connectivity index (χ1n) is 12.8. The van der Waals surface area contributed by atoms with Gasteiger partial charge in [0.05, 0.1) is 12.2 Å². The molecule has 0 saturated heterocycles. The molecule has 1 aromatic heterocycles. The molecule has 35 heavy (non-hydrogen) atoms. The number of nitrogens with zero attached hydrogens (tertiary/aromatic N) is 3. The number of rotatable bonds is 6. The predicted octanol–water partition coefficient (Wildman–Crippen LogP) is 4.98. The van der Waals surface area contributed by atoms with Gasteiger partial charge in [0.25, 0.3) is 5.91 Å². The van der Waals surface area contributed by atoms with Crippen molar-refractivity contribution < 1.29 is 9.59 Å². The second-order valence-corrected chi connectivity index (χ2v) is 10.1. The van der Waals surface area contributed by atoms with Crippen molar-refractivity contribution in [2.75, 3.05) is 0 Å². The minimum Gasteiger partial charge on any atom is -0.351 e. The van der Waals surface area contributed by atoms with Gasteiger partial charge in [-0.3, -0.25) is 14.3 Å². The molecular weight excluding hydrogens is 436 g/mol. The van der Waals surface area contributed by atoms with Crippen LogP contribution in [0, 0.1) is 0 Å². The summed E-state index contributed by atoms with van der Waals surface area (Å²) in [6.45, 7) is 4.71. The minimum atomic E-state index is -1.03. The van der Waals surface area contributed by atoms with E-state index < -0.39 is 5.54 Å². The third-order valence-corrected chi connectivity index (χ3v) is 7.57. The molecule has 1 atom stereocenters. The number of nitrogens with one attached hydrogen (secondary N) is 1. The molecule has 0 bridgehead atoms. The van der Waals surface area contributed by atoms with Crippen molar-refractivity contribution in [3.63, 3.8) is 0 Å². The maximum Gasteiger partial charge on any atom is 0.273 e. The van der Waals surface area contributed by atoms with Gasteiger partial charge >= 0.3 is 0 Å². The zero-order chi connectivity index (χ0) is 24.4. The van der Waals surface area contributed by atoms with Crippen molar-refractivity contribution in [3.05, 3.63) is 77.5 Å². The molecule has 1 fully saturated rings. The van der Waals surface area contributed by atoms with Crippen LogP contribution >= 0.6 is 0 Å². The lowest BCUT2D eigenvalue weighted by atomic mass is 9.91. The van der Waals surface area contributed by atoms with Gasteiger partial charge < -0.3 is 10.2 Å². The average molecular weight is 471 g/mol. The molecule has 5 rings (SSSR count). The average Bonchev–Trinajstić information content (AvgIpc) is 3.31. The van der Waals surface area contributed by atoms with Crippen LogP contribution in [0.3, 0.4) is 0 Å². The van der Waals surface area contributed by atoms with E-state index in [4.69, 9.17) is 5.10 Å². The van der Waals surface area contributed by atoms with Crippen molar-refractivity contribution in [3.8, 4) is 11.3 Å². The summed E-state index contributed by atoms with van der Waals surface area (Å²) in [5.74, 6) is -0.256. The lowest BCUT2D eigenvalue weighted by Gasteiger charge is -2.44. The number of aromatic nitrogens is 2. The summed E-state index contributed by atoms with van der Waals surface area (Å²) in [7, 11) is 0. The second-order valence-electron chi connectivity index (χ2n) is 10.1. The number of fused-ring (bicyclic) bond motifs is 1. The van der Waals surface area contributed by atoms with E-state index in [-0.39, 0.29) is 17.9 Å². The number of hydrogen-bond donors (Lipinski definition) is 1. The Morgan fingerprint density at radius 3 is 2.43 bits per heavy atom. The standard InChI is InChI=1S/C29H34N4O2/c1-3-21-14-16-23(17-15-21)25-18-26-27(34)32(19-22-10-6-4-7-11-22)29(2,20-33(26)31-25)28(35)30-24-12-8-5-9-13-24/h4,6-7,10-11,14-18,24H,3,5,8-9,12-13,19-20H2,1-2H3,(H,30,35). The van der Waals surface area contributed by atoms with E-state index in [0.717, 1.165) is 48.9 Å². The van der Waals surface area contributed by atoms with Crippen LogP contribution in [0.5, 0.6) is 0 Å². The van der Waals surface area contributed by atoms with E-state index in [2.05, 4.69) is 24.4 Å². The molecule has 2 amide bonds. The SMILES string of the molecule is CCc1ccc(-c2cc3n(n2)CC(C)(C(=O)NC2CCCCC2)N(Cc2ccccc2)C3=O)cc1. The molecule has 182 valence electrons. The molecule has 2 heterocycles. The molecule has 2 aromatic carbocycles. The summed E-state index contributed by atoms with van der Waals surface area (Å²) < 4.78 is 1.73. The zero-order valence-electron chi connectivity index (χ0n) is 20.7. The van der Waals surface area contributed by atoms with Crippen molar-refractivity contribution >= 4 is 11.8 Å². The smallest absolute Gasteiger partial charge is 0.273 e. The van der Waals surface area contributed by atoms with Crippen LogP contribution in [-0.2, 0) is 24.3 Å². The van der Waals surface area contributed by atoms with Crippen LogP contribution in [0.25, 0.3) is 11.3 Å². The summed E-state index contributed by atoms with van der Waals surface area (Å²) in [6, 6.07) is 20.2. The van der Waals surface area contributed by atoms with Crippen LogP contribution in [0.15, 0.2) is 60.7 Å². The van der Waals surface area contributed by atoms with Gasteiger partial charge in [-0.15, -0.1) is 0 Å². The molecule has 1 aliphatic heterocycles. The Kier molecular flexibility index (Phi) is 6.46. The van der Waals surface area contributed by atoms with E-state index >= 15 is 0 Å². The highest BCUT2D eigenvalue weighted by molar-refractivity contribution is 6.00. The molecule has 6 nitrogen and oxygen atoms in total. The maximum absolute atomic E-state index is 13.9. The highest BCUT2D eigenvalue weighted by Crippen LogP contribution is 2.32. The molecule has 1 saturated carbocycles. The first-order chi connectivity index (χ1) is 17.0. The third-order valence-electron chi connectivity index (χ3n) is 7.57. The van der Waals surface area contributed by atoms with Gasteiger partial charge in [0.1, 0.15) is 11.2 Å². The summed E-state index contributed by atoms with van der Waals surface area (Å²) in [5, 5.41) is 8.06. The Balaban J connectivity index is 1.49. The Morgan fingerprint density at radius 2 is 1.74 bits per heavy atom. The van der Waals surface area contributed by atoms with Gasteiger partial charge in [0.2, 0.25) is 5.91 Å². The van der Waals surface area contributed by atoms with E-state index in [1.165, 1.54) is 12.0 Å². The van der Waals surface area contributed by atoms with Crippen LogP contribution in [0.4, 0.5) is 0 Å². The minimum absolute atomic E-state index is 0.0938. The maximum atomic E-state index is 13.9. The second kappa shape index (κ2) is 9.68. The predicted molar refractivity (Wildman–Crippen MR) is 137 cm³/mol. The number of carbonyl (C=O) groups is 2. The van der Waals surface area contributed by atoms with Gasteiger partial charge in [0, 0.05) is 18.2 Å². The molecule has 1 N–H and O–H groups in total. The lowest BCUT2D eigenvalue weighted by Crippen LogP contribution is -2.64. The fraction of sp³-hybridized carbons (Fsp3) is 0.414.